The SMILES string of the molecule is CC1=CCC(C(=O)O)C(C(=O)Nc2cc(C(F)(F)F)cc(C(F)(F)F)c2)C1. The summed E-state index contributed by atoms with van der Waals surface area (Å²) in [5.41, 5.74) is -3.12. The monoisotopic (exact) mass is 395 g/mol. The van der Waals surface area contributed by atoms with Crippen LogP contribution < -0.4 is 5.32 Å². The second-order valence-electron chi connectivity index (χ2n) is 6.33. The minimum absolute atomic E-state index is 0.0495. The van der Waals surface area contributed by atoms with Crippen molar-refractivity contribution in [2.75, 3.05) is 5.32 Å². The molecule has 1 amide bonds. The van der Waals surface area contributed by atoms with Crippen LogP contribution in [0.2, 0.25) is 0 Å². The van der Waals surface area contributed by atoms with E-state index in [1.165, 1.54) is 0 Å². The van der Waals surface area contributed by atoms with Crippen molar-refractivity contribution in [1.29, 1.82) is 0 Å². The molecule has 1 aliphatic rings. The van der Waals surface area contributed by atoms with E-state index in [9.17, 15) is 41.0 Å². The van der Waals surface area contributed by atoms with Crippen LogP contribution in [0.25, 0.3) is 0 Å². The van der Waals surface area contributed by atoms with Gasteiger partial charge in [-0.15, -0.1) is 0 Å². The van der Waals surface area contributed by atoms with E-state index < -0.39 is 52.9 Å². The van der Waals surface area contributed by atoms with Gasteiger partial charge in [0.05, 0.1) is 23.0 Å². The summed E-state index contributed by atoms with van der Waals surface area (Å²) in [6.45, 7) is 1.66. The summed E-state index contributed by atoms with van der Waals surface area (Å²) in [5, 5.41) is 11.2. The summed E-state index contributed by atoms with van der Waals surface area (Å²) in [4.78, 5) is 23.7. The number of allylic oxidation sites excluding steroid dienone is 2. The quantitative estimate of drug-likeness (QED) is 0.575. The second-order valence-corrected chi connectivity index (χ2v) is 6.33. The van der Waals surface area contributed by atoms with Crippen LogP contribution in [0.4, 0.5) is 32.0 Å². The molecule has 2 atom stereocenters. The van der Waals surface area contributed by atoms with Crippen molar-refractivity contribution in [3.63, 3.8) is 0 Å². The van der Waals surface area contributed by atoms with E-state index in [1.54, 1.807) is 13.0 Å². The van der Waals surface area contributed by atoms with E-state index >= 15 is 0 Å². The summed E-state index contributed by atoms with van der Waals surface area (Å²) in [6.07, 6.45) is -8.36. The maximum absolute atomic E-state index is 12.9. The molecule has 0 bridgehead atoms. The largest absolute Gasteiger partial charge is 0.481 e. The van der Waals surface area contributed by atoms with Crippen molar-refractivity contribution in [1.82, 2.24) is 0 Å². The average Bonchev–Trinajstić information content (AvgIpc) is 2.52. The average molecular weight is 395 g/mol. The minimum Gasteiger partial charge on any atom is -0.481 e. The smallest absolute Gasteiger partial charge is 0.416 e. The third kappa shape index (κ3) is 5.01. The number of carbonyl (C=O) groups excluding carboxylic acids is 1. The highest BCUT2D eigenvalue weighted by Crippen LogP contribution is 2.38. The second kappa shape index (κ2) is 7.24. The zero-order valence-electron chi connectivity index (χ0n) is 13.9. The topological polar surface area (TPSA) is 66.4 Å². The van der Waals surface area contributed by atoms with Crippen molar-refractivity contribution in [2.45, 2.75) is 32.1 Å². The van der Waals surface area contributed by atoms with Gasteiger partial charge in [0, 0.05) is 5.69 Å². The number of hydrogen-bond acceptors (Lipinski definition) is 2. The van der Waals surface area contributed by atoms with Crippen LogP contribution in [0.15, 0.2) is 29.8 Å². The van der Waals surface area contributed by atoms with Crippen molar-refractivity contribution < 1.29 is 41.0 Å². The Balaban J connectivity index is 2.36. The number of hydrogen-bond donors (Lipinski definition) is 2. The number of anilines is 1. The molecule has 2 N–H and O–H groups in total. The molecular weight excluding hydrogens is 380 g/mol. The molecule has 0 heterocycles. The van der Waals surface area contributed by atoms with Gasteiger partial charge in [-0.25, -0.2) is 0 Å². The number of rotatable bonds is 3. The molecule has 0 radical (unpaired) electrons. The number of carbonyl (C=O) groups is 2. The fourth-order valence-corrected chi connectivity index (χ4v) is 2.88. The van der Waals surface area contributed by atoms with E-state index in [0.29, 0.717) is 17.7 Å². The maximum Gasteiger partial charge on any atom is 0.416 e. The molecule has 148 valence electrons. The molecule has 0 fully saturated rings. The van der Waals surface area contributed by atoms with Crippen LogP contribution in [-0.4, -0.2) is 17.0 Å². The van der Waals surface area contributed by atoms with Gasteiger partial charge >= 0.3 is 18.3 Å². The maximum atomic E-state index is 12.9. The number of amides is 1. The zero-order valence-corrected chi connectivity index (χ0v) is 13.9. The Morgan fingerprint density at radius 3 is 1.96 bits per heavy atom. The van der Waals surface area contributed by atoms with Gasteiger partial charge in [-0.3, -0.25) is 9.59 Å². The van der Waals surface area contributed by atoms with Gasteiger partial charge in [-0.05, 0) is 38.0 Å². The molecule has 0 aliphatic heterocycles. The molecule has 1 aromatic rings. The van der Waals surface area contributed by atoms with Gasteiger partial charge < -0.3 is 10.4 Å². The van der Waals surface area contributed by atoms with Crippen molar-refractivity contribution >= 4 is 17.6 Å². The first-order valence-corrected chi connectivity index (χ1v) is 7.78. The molecule has 0 spiro atoms. The lowest BCUT2D eigenvalue weighted by Gasteiger charge is -2.27. The molecule has 1 aromatic carbocycles. The normalized spacial score (nSPS) is 20.8. The number of halogens is 6. The number of carboxylic acid groups (broad SMARTS) is 1. The Kier molecular flexibility index (Phi) is 5.58. The fourth-order valence-electron chi connectivity index (χ4n) is 2.88. The van der Waals surface area contributed by atoms with Gasteiger partial charge in [0.1, 0.15) is 0 Å². The van der Waals surface area contributed by atoms with E-state index in [-0.39, 0.29) is 18.9 Å². The molecule has 0 aromatic heterocycles. The predicted molar refractivity (Wildman–Crippen MR) is 82.7 cm³/mol. The van der Waals surface area contributed by atoms with E-state index in [4.69, 9.17) is 0 Å². The Hall–Kier alpha value is -2.52. The highest BCUT2D eigenvalue weighted by Gasteiger charge is 2.38. The molecule has 2 rings (SSSR count). The lowest BCUT2D eigenvalue weighted by atomic mass is 9.79. The van der Waals surface area contributed by atoms with Crippen LogP contribution in [0, 0.1) is 11.8 Å². The van der Waals surface area contributed by atoms with Gasteiger partial charge in [-0.1, -0.05) is 11.6 Å². The lowest BCUT2D eigenvalue weighted by molar-refractivity contribution is -0.146. The third-order valence-corrected chi connectivity index (χ3v) is 4.26. The number of alkyl halides is 6. The Labute approximate surface area is 149 Å². The first-order valence-electron chi connectivity index (χ1n) is 7.78. The van der Waals surface area contributed by atoms with Gasteiger partial charge in [-0.2, -0.15) is 26.3 Å². The van der Waals surface area contributed by atoms with Gasteiger partial charge in [0.25, 0.3) is 0 Å². The fraction of sp³-hybridized carbons (Fsp3) is 0.412. The summed E-state index contributed by atoms with van der Waals surface area (Å²) in [7, 11) is 0. The molecule has 2 unspecified atom stereocenters. The van der Waals surface area contributed by atoms with Gasteiger partial charge in [0.2, 0.25) is 5.91 Å². The number of nitrogens with one attached hydrogen (secondary N) is 1. The van der Waals surface area contributed by atoms with Gasteiger partial charge in [0.15, 0.2) is 0 Å². The van der Waals surface area contributed by atoms with E-state index in [0.717, 1.165) is 0 Å². The van der Waals surface area contributed by atoms with Crippen LogP contribution in [0.5, 0.6) is 0 Å². The zero-order chi connectivity index (χ0) is 20.6. The molecule has 4 nitrogen and oxygen atoms in total. The summed E-state index contributed by atoms with van der Waals surface area (Å²) in [6, 6.07) is 0.714. The summed E-state index contributed by atoms with van der Waals surface area (Å²) >= 11 is 0. The van der Waals surface area contributed by atoms with Crippen LogP contribution in [0.1, 0.15) is 30.9 Å². The molecule has 1 aliphatic carbocycles. The van der Waals surface area contributed by atoms with Crippen molar-refractivity contribution in [3.8, 4) is 0 Å². The van der Waals surface area contributed by atoms with Crippen molar-refractivity contribution in [3.05, 3.63) is 41.0 Å². The highest BCUT2D eigenvalue weighted by molar-refractivity contribution is 5.95. The Morgan fingerprint density at radius 1 is 1.00 bits per heavy atom. The lowest BCUT2D eigenvalue weighted by Crippen LogP contribution is -2.35. The molecule has 0 saturated carbocycles. The van der Waals surface area contributed by atoms with Crippen LogP contribution in [-0.2, 0) is 21.9 Å². The molecular formula is C17H15F6NO3. The Bertz CT molecular complexity index is 750. The summed E-state index contributed by atoms with van der Waals surface area (Å²) < 4.78 is 77.3. The summed E-state index contributed by atoms with van der Waals surface area (Å²) in [5.74, 6) is -4.42. The first-order chi connectivity index (χ1) is 12.3. The Morgan fingerprint density at radius 2 is 1.52 bits per heavy atom. The highest BCUT2D eigenvalue weighted by atomic mass is 19.4. The number of benzene rings is 1. The third-order valence-electron chi connectivity index (χ3n) is 4.26. The first kappa shape index (κ1) is 20.8. The van der Waals surface area contributed by atoms with E-state index in [1.807, 2.05) is 5.32 Å². The van der Waals surface area contributed by atoms with Crippen molar-refractivity contribution in [2.24, 2.45) is 11.8 Å². The van der Waals surface area contributed by atoms with E-state index in [2.05, 4.69) is 0 Å². The molecule has 27 heavy (non-hydrogen) atoms. The standard InChI is InChI=1S/C17H15F6NO3/c1-8-2-3-12(15(26)27)13(4-8)14(25)24-11-6-9(16(18,19)20)5-10(7-11)17(21,22)23/h2,5-7,12-13H,3-4H2,1H3,(H,24,25)(H,26,27). The number of aliphatic carboxylic acids is 1. The minimum atomic E-state index is -5.05. The molecule has 10 heteroatoms. The predicted octanol–water partition coefficient (Wildman–Crippen LogP) is 4.72. The van der Waals surface area contributed by atoms with Crippen LogP contribution in [0.3, 0.4) is 0 Å². The number of carboxylic acids is 1. The molecule has 0 saturated heterocycles. The van der Waals surface area contributed by atoms with Crippen LogP contribution >= 0.6 is 0 Å².